The zero-order valence-electron chi connectivity index (χ0n) is 17.0. The third-order valence-corrected chi connectivity index (χ3v) is 8.77. The van der Waals surface area contributed by atoms with Gasteiger partial charge in [-0.3, -0.25) is 0 Å². The van der Waals surface area contributed by atoms with Crippen LogP contribution in [0.4, 0.5) is 0 Å². The molecule has 4 fully saturated rings. The summed E-state index contributed by atoms with van der Waals surface area (Å²) < 4.78 is 0. The Morgan fingerprint density at radius 3 is 2.17 bits per heavy atom. The largest absolute Gasteiger partial charge is 0.338 e. The number of fused-ring (bicyclic) bond motifs is 1. The third-order valence-electron chi connectivity index (χ3n) is 7.88. The Labute approximate surface area is 180 Å². The Kier molecular flexibility index (Phi) is 3.60. The van der Waals surface area contributed by atoms with Crippen LogP contribution in [0.5, 0.6) is 0 Å². The van der Waals surface area contributed by atoms with Crippen molar-refractivity contribution in [3.8, 4) is 22.0 Å². The van der Waals surface area contributed by atoms with E-state index in [2.05, 4.69) is 40.7 Å². The number of nitrogens with zero attached hydrogens (tertiary/aromatic N) is 2. The highest BCUT2D eigenvalue weighted by Crippen LogP contribution is 2.60. The van der Waals surface area contributed by atoms with Crippen molar-refractivity contribution in [2.24, 2.45) is 17.8 Å². The number of nitrogens with one attached hydrogen (secondary N) is 1. The molecule has 0 amide bonds. The second-order valence-electron chi connectivity index (χ2n) is 9.92. The Morgan fingerprint density at radius 1 is 0.800 bits per heavy atom. The van der Waals surface area contributed by atoms with E-state index in [1.54, 1.807) is 0 Å². The van der Waals surface area contributed by atoms with Gasteiger partial charge in [0.05, 0.1) is 16.7 Å². The van der Waals surface area contributed by atoms with Crippen molar-refractivity contribution in [2.45, 2.75) is 43.9 Å². The zero-order chi connectivity index (χ0) is 19.7. The number of aromatic amines is 1. The van der Waals surface area contributed by atoms with Gasteiger partial charge >= 0.3 is 0 Å². The first-order chi connectivity index (χ1) is 14.7. The first-order valence-electron chi connectivity index (χ1n) is 11.3. The van der Waals surface area contributed by atoms with Crippen molar-refractivity contribution < 1.29 is 0 Å². The Bertz CT molecular complexity index is 1160. The van der Waals surface area contributed by atoms with Crippen molar-refractivity contribution in [3.05, 3.63) is 59.6 Å². The number of rotatable bonds is 3. The van der Waals surface area contributed by atoms with E-state index in [4.69, 9.17) is 9.97 Å². The highest BCUT2D eigenvalue weighted by atomic mass is 32.1. The van der Waals surface area contributed by atoms with Crippen LogP contribution in [0.3, 0.4) is 0 Å². The van der Waals surface area contributed by atoms with Crippen LogP contribution in [0, 0.1) is 17.8 Å². The van der Waals surface area contributed by atoms with Gasteiger partial charge in [0, 0.05) is 21.9 Å². The van der Waals surface area contributed by atoms with Gasteiger partial charge in [-0.05, 0) is 68.4 Å². The molecule has 4 aliphatic carbocycles. The molecule has 4 bridgehead atoms. The summed E-state index contributed by atoms with van der Waals surface area (Å²) in [6.07, 6.45) is 8.60. The number of aromatic nitrogens is 3. The average molecular weight is 412 g/mol. The molecule has 0 unspecified atom stereocenters. The lowest BCUT2D eigenvalue weighted by atomic mass is 9.49. The first kappa shape index (κ1) is 17.2. The topological polar surface area (TPSA) is 41.6 Å². The fourth-order valence-corrected chi connectivity index (χ4v) is 7.88. The number of thiazole rings is 1. The number of para-hydroxylation sites is 2. The first-order valence-corrected chi connectivity index (χ1v) is 12.1. The molecule has 0 radical (unpaired) electrons. The average Bonchev–Trinajstić information content (AvgIpc) is 3.41. The zero-order valence-corrected chi connectivity index (χ0v) is 17.8. The highest BCUT2D eigenvalue weighted by Gasteiger charge is 2.52. The molecule has 4 aliphatic rings. The fourth-order valence-electron chi connectivity index (χ4n) is 6.93. The van der Waals surface area contributed by atoms with Crippen LogP contribution in [-0.2, 0) is 5.41 Å². The third kappa shape index (κ3) is 2.63. The standard InChI is InChI=1S/C26H25N3S/c1-2-4-22-21(3-1)27-24(28-22)19-5-7-20(8-6-19)25-29-23(15-30-25)26-12-16-9-17(13-26)11-18(10-16)14-26/h1-8,15-18H,9-14H2,(H,27,28). The summed E-state index contributed by atoms with van der Waals surface area (Å²) in [7, 11) is 0. The van der Waals surface area contributed by atoms with Gasteiger partial charge in [0.25, 0.3) is 0 Å². The maximum Gasteiger partial charge on any atom is 0.138 e. The van der Waals surface area contributed by atoms with Gasteiger partial charge in [0.1, 0.15) is 10.8 Å². The number of hydrogen-bond donors (Lipinski definition) is 1. The molecule has 0 saturated heterocycles. The number of benzene rings is 2. The molecule has 3 nitrogen and oxygen atoms in total. The summed E-state index contributed by atoms with van der Waals surface area (Å²) in [6, 6.07) is 16.9. The molecule has 0 spiro atoms. The number of imidazole rings is 1. The van der Waals surface area contributed by atoms with Crippen LogP contribution >= 0.6 is 11.3 Å². The van der Waals surface area contributed by atoms with E-state index in [0.29, 0.717) is 5.41 Å². The van der Waals surface area contributed by atoms with E-state index < -0.39 is 0 Å². The van der Waals surface area contributed by atoms with Gasteiger partial charge < -0.3 is 4.98 Å². The Morgan fingerprint density at radius 2 is 1.47 bits per heavy atom. The van der Waals surface area contributed by atoms with Crippen LogP contribution in [0.2, 0.25) is 0 Å². The SMILES string of the molecule is c1ccc2[nH]c(-c3ccc(-c4nc(C56CC7CC(CC(C7)C5)C6)cs4)cc3)nc2c1. The molecule has 8 rings (SSSR count). The second kappa shape index (κ2) is 6.27. The molecule has 30 heavy (non-hydrogen) atoms. The van der Waals surface area contributed by atoms with E-state index in [9.17, 15) is 0 Å². The van der Waals surface area contributed by atoms with Gasteiger partial charge in [0.2, 0.25) is 0 Å². The summed E-state index contributed by atoms with van der Waals surface area (Å²) in [4.78, 5) is 13.4. The van der Waals surface area contributed by atoms with Gasteiger partial charge in [-0.15, -0.1) is 11.3 Å². The second-order valence-corrected chi connectivity index (χ2v) is 10.8. The van der Waals surface area contributed by atoms with Crippen LogP contribution in [0.1, 0.15) is 44.2 Å². The molecule has 0 aliphatic heterocycles. The van der Waals surface area contributed by atoms with Crippen molar-refractivity contribution in [3.63, 3.8) is 0 Å². The normalized spacial score (nSPS) is 29.7. The lowest BCUT2D eigenvalue weighted by molar-refractivity contribution is -0.00689. The summed E-state index contributed by atoms with van der Waals surface area (Å²) in [5.74, 6) is 3.81. The van der Waals surface area contributed by atoms with Crippen LogP contribution in [0.25, 0.3) is 33.0 Å². The maximum absolute atomic E-state index is 5.20. The lowest BCUT2D eigenvalue weighted by Crippen LogP contribution is -2.48. The minimum Gasteiger partial charge on any atom is -0.338 e. The maximum atomic E-state index is 5.20. The molecule has 4 aromatic rings. The van der Waals surface area contributed by atoms with E-state index >= 15 is 0 Å². The molecular weight excluding hydrogens is 386 g/mol. The minimum absolute atomic E-state index is 0.387. The van der Waals surface area contributed by atoms with Gasteiger partial charge in [-0.2, -0.15) is 0 Å². The fraction of sp³-hybridized carbons (Fsp3) is 0.385. The highest BCUT2D eigenvalue weighted by molar-refractivity contribution is 7.13. The van der Waals surface area contributed by atoms with Crippen LogP contribution < -0.4 is 0 Å². The van der Waals surface area contributed by atoms with E-state index in [0.717, 1.165) is 45.2 Å². The number of H-pyrrole nitrogens is 1. The molecular formula is C26H25N3S. The monoisotopic (exact) mass is 411 g/mol. The van der Waals surface area contributed by atoms with Crippen LogP contribution in [-0.4, -0.2) is 15.0 Å². The van der Waals surface area contributed by atoms with E-state index in [1.165, 1.54) is 49.8 Å². The van der Waals surface area contributed by atoms with E-state index in [1.807, 2.05) is 29.5 Å². The predicted molar refractivity (Wildman–Crippen MR) is 122 cm³/mol. The number of hydrogen-bond acceptors (Lipinski definition) is 3. The molecule has 0 atom stereocenters. The van der Waals surface area contributed by atoms with Crippen molar-refractivity contribution in [1.82, 2.24) is 15.0 Å². The molecule has 2 aromatic carbocycles. The summed E-state index contributed by atoms with van der Waals surface area (Å²) in [5.41, 5.74) is 6.21. The summed E-state index contributed by atoms with van der Waals surface area (Å²) in [6.45, 7) is 0. The smallest absolute Gasteiger partial charge is 0.138 e. The quantitative estimate of drug-likeness (QED) is 0.402. The molecule has 4 heteroatoms. The Balaban J connectivity index is 1.18. The van der Waals surface area contributed by atoms with Gasteiger partial charge in [-0.25, -0.2) is 9.97 Å². The Hall–Kier alpha value is -2.46. The molecule has 2 aromatic heterocycles. The molecule has 4 saturated carbocycles. The molecule has 2 heterocycles. The van der Waals surface area contributed by atoms with Gasteiger partial charge in [-0.1, -0.05) is 36.4 Å². The van der Waals surface area contributed by atoms with Crippen molar-refractivity contribution in [1.29, 1.82) is 0 Å². The summed E-state index contributed by atoms with van der Waals surface area (Å²) >= 11 is 1.82. The van der Waals surface area contributed by atoms with E-state index in [-0.39, 0.29) is 0 Å². The van der Waals surface area contributed by atoms with Crippen molar-refractivity contribution in [2.75, 3.05) is 0 Å². The van der Waals surface area contributed by atoms with Gasteiger partial charge in [0.15, 0.2) is 0 Å². The molecule has 150 valence electrons. The summed E-state index contributed by atoms with van der Waals surface area (Å²) in [5, 5.41) is 3.53. The molecule has 1 N–H and O–H groups in total. The van der Waals surface area contributed by atoms with Crippen molar-refractivity contribution >= 4 is 22.4 Å². The minimum atomic E-state index is 0.387. The lowest BCUT2D eigenvalue weighted by Gasteiger charge is -2.56. The predicted octanol–water partition coefficient (Wildman–Crippen LogP) is 6.82. The van der Waals surface area contributed by atoms with Crippen LogP contribution in [0.15, 0.2) is 53.9 Å².